The molecule has 2 aliphatic heterocycles. The summed E-state index contributed by atoms with van der Waals surface area (Å²) in [4.78, 5) is 57.6. The number of allylic oxidation sites excluding steroid dienone is 2. The number of carbonyl (C=O) groups excluding carboxylic acids is 4. The fourth-order valence-corrected chi connectivity index (χ4v) is 7.22. The van der Waals surface area contributed by atoms with Crippen LogP contribution in [0.15, 0.2) is 35.9 Å². The number of amides is 4. The molecule has 5 rings (SSSR count). The second kappa shape index (κ2) is 9.04. The SMILES string of the molecule is CC(C)(C)N1C(=O)[C@H]2[C@H](CC=C3[C@H]2C[C@H]2C(=O)N(C(C)(C)C)C(=O)[C@H]2[C@H]3c2ccc(OCCO)cc2)C1=O. The van der Waals surface area contributed by atoms with Crippen molar-refractivity contribution in [2.75, 3.05) is 13.2 Å². The highest BCUT2D eigenvalue weighted by atomic mass is 16.5. The van der Waals surface area contributed by atoms with Crippen molar-refractivity contribution in [1.29, 1.82) is 0 Å². The van der Waals surface area contributed by atoms with E-state index in [9.17, 15) is 19.2 Å². The molecular weight excluding hydrogens is 484 g/mol. The molecule has 1 N–H and O–H groups in total. The lowest BCUT2D eigenvalue weighted by Gasteiger charge is -2.44. The molecule has 0 radical (unpaired) electrons. The first kappa shape index (κ1) is 26.6. The van der Waals surface area contributed by atoms with Gasteiger partial charge in [-0.2, -0.15) is 0 Å². The number of hydrogen-bond donors (Lipinski definition) is 1. The van der Waals surface area contributed by atoms with Crippen LogP contribution in [0.3, 0.4) is 0 Å². The molecular formula is C30H38N2O6. The number of carbonyl (C=O) groups is 4. The van der Waals surface area contributed by atoms with Gasteiger partial charge in [0.05, 0.1) is 30.3 Å². The molecule has 1 aromatic carbocycles. The van der Waals surface area contributed by atoms with Crippen LogP contribution in [0.25, 0.3) is 0 Å². The molecule has 1 saturated carbocycles. The molecule has 204 valence electrons. The molecule has 1 aromatic rings. The molecule has 38 heavy (non-hydrogen) atoms. The lowest BCUT2D eigenvalue weighted by molar-refractivity contribution is -0.147. The second-order valence-electron chi connectivity index (χ2n) is 13.0. The van der Waals surface area contributed by atoms with E-state index in [4.69, 9.17) is 9.84 Å². The molecule has 8 heteroatoms. The normalized spacial score (nSPS) is 31.3. The van der Waals surface area contributed by atoms with E-state index in [0.29, 0.717) is 18.6 Å². The van der Waals surface area contributed by atoms with Gasteiger partial charge < -0.3 is 9.84 Å². The summed E-state index contributed by atoms with van der Waals surface area (Å²) >= 11 is 0. The molecule has 2 heterocycles. The third kappa shape index (κ3) is 3.99. The topological polar surface area (TPSA) is 104 Å². The Morgan fingerprint density at radius 1 is 0.789 bits per heavy atom. The monoisotopic (exact) mass is 522 g/mol. The number of nitrogens with zero attached hydrogens (tertiary/aromatic N) is 2. The van der Waals surface area contributed by atoms with Crippen LogP contribution in [0.4, 0.5) is 0 Å². The van der Waals surface area contributed by atoms with Crippen molar-refractivity contribution < 1.29 is 29.0 Å². The van der Waals surface area contributed by atoms with Crippen LogP contribution in [-0.4, -0.2) is 62.8 Å². The zero-order valence-electron chi connectivity index (χ0n) is 23.1. The Morgan fingerprint density at radius 3 is 1.89 bits per heavy atom. The van der Waals surface area contributed by atoms with E-state index in [1.807, 2.05) is 65.8 Å². The van der Waals surface area contributed by atoms with E-state index >= 15 is 0 Å². The molecule has 4 amide bonds. The number of rotatable bonds is 4. The summed E-state index contributed by atoms with van der Waals surface area (Å²) in [5, 5.41) is 9.08. The Balaban J connectivity index is 1.60. The van der Waals surface area contributed by atoms with Gasteiger partial charge >= 0.3 is 0 Å². The molecule has 3 fully saturated rings. The molecule has 0 bridgehead atoms. The maximum atomic E-state index is 13.9. The Bertz CT molecular complexity index is 1200. The van der Waals surface area contributed by atoms with E-state index < -0.39 is 34.7 Å². The molecule has 0 spiro atoms. The van der Waals surface area contributed by atoms with Crippen LogP contribution in [0, 0.1) is 29.6 Å². The molecule has 0 unspecified atom stereocenters. The van der Waals surface area contributed by atoms with Crippen LogP contribution in [0.1, 0.15) is 65.9 Å². The molecule has 6 atom stereocenters. The Labute approximate surface area is 224 Å². The molecule has 8 nitrogen and oxygen atoms in total. The van der Waals surface area contributed by atoms with Gasteiger partial charge in [-0.15, -0.1) is 0 Å². The van der Waals surface area contributed by atoms with Crippen LogP contribution < -0.4 is 4.74 Å². The standard InChI is InChI=1S/C30H38N2O6/c1-29(2,3)31-25(34)19-12-11-18-20(23(19)27(31)36)15-21-24(28(37)32(26(21)35)30(4,5)6)22(18)16-7-9-17(10-8-16)38-14-13-33/h7-11,19-24,33H,12-15H2,1-6H3/t19-,20+,21+,22-,23-,24+/m0/s1. The van der Waals surface area contributed by atoms with Gasteiger partial charge in [-0.05, 0) is 78.0 Å². The summed E-state index contributed by atoms with van der Waals surface area (Å²) in [5.41, 5.74) is 0.578. The van der Waals surface area contributed by atoms with Gasteiger partial charge in [0, 0.05) is 17.0 Å². The van der Waals surface area contributed by atoms with Crippen molar-refractivity contribution in [1.82, 2.24) is 9.80 Å². The third-order valence-electron chi connectivity index (χ3n) is 8.59. The smallest absolute Gasteiger partial charge is 0.234 e. The van der Waals surface area contributed by atoms with Crippen LogP contribution in [0.5, 0.6) is 5.75 Å². The minimum Gasteiger partial charge on any atom is -0.491 e. The Hall–Kier alpha value is -3.00. The second-order valence-corrected chi connectivity index (χ2v) is 13.0. The van der Waals surface area contributed by atoms with Crippen LogP contribution in [-0.2, 0) is 19.2 Å². The summed E-state index contributed by atoms with van der Waals surface area (Å²) < 4.78 is 5.54. The zero-order chi connectivity index (χ0) is 27.7. The van der Waals surface area contributed by atoms with Crippen molar-refractivity contribution in [3.05, 3.63) is 41.5 Å². The average molecular weight is 523 g/mol. The van der Waals surface area contributed by atoms with Crippen molar-refractivity contribution in [2.24, 2.45) is 29.6 Å². The average Bonchev–Trinajstić information content (AvgIpc) is 3.25. The van der Waals surface area contributed by atoms with E-state index in [2.05, 4.69) is 6.08 Å². The number of ether oxygens (including phenoxy) is 1. The van der Waals surface area contributed by atoms with Gasteiger partial charge in [0.1, 0.15) is 12.4 Å². The highest BCUT2D eigenvalue weighted by Crippen LogP contribution is 2.58. The van der Waals surface area contributed by atoms with Crippen LogP contribution in [0.2, 0.25) is 0 Å². The lowest BCUT2D eigenvalue weighted by atomic mass is 9.57. The van der Waals surface area contributed by atoms with Gasteiger partial charge in [0.25, 0.3) is 0 Å². The maximum Gasteiger partial charge on any atom is 0.234 e. The number of benzene rings is 1. The quantitative estimate of drug-likeness (QED) is 0.481. The number of aliphatic hydroxyl groups is 1. The largest absolute Gasteiger partial charge is 0.491 e. The summed E-state index contributed by atoms with van der Waals surface area (Å²) in [7, 11) is 0. The highest BCUT2D eigenvalue weighted by molar-refractivity contribution is 6.08. The van der Waals surface area contributed by atoms with Gasteiger partial charge in [-0.1, -0.05) is 23.8 Å². The zero-order valence-corrected chi connectivity index (χ0v) is 23.1. The predicted molar refractivity (Wildman–Crippen MR) is 140 cm³/mol. The first-order valence-electron chi connectivity index (χ1n) is 13.6. The number of hydrogen-bond acceptors (Lipinski definition) is 6. The van der Waals surface area contributed by atoms with Gasteiger partial charge in [-0.25, -0.2) is 0 Å². The molecule has 0 aromatic heterocycles. The van der Waals surface area contributed by atoms with Gasteiger partial charge in [-0.3, -0.25) is 29.0 Å². The van der Waals surface area contributed by atoms with E-state index in [0.717, 1.165) is 11.1 Å². The lowest BCUT2D eigenvalue weighted by Crippen LogP contribution is -2.47. The fourth-order valence-electron chi connectivity index (χ4n) is 7.22. The fraction of sp³-hybridized carbons (Fsp3) is 0.600. The molecule has 2 aliphatic carbocycles. The molecule has 2 saturated heterocycles. The van der Waals surface area contributed by atoms with Gasteiger partial charge in [0.2, 0.25) is 23.6 Å². The minimum atomic E-state index is -0.664. The Morgan fingerprint density at radius 2 is 1.34 bits per heavy atom. The van der Waals surface area contributed by atoms with Crippen molar-refractivity contribution in [2.45, 2.75) is 71.4 Å². The van der Waals surface area contributed by atoms with E-state index in [1.54, 1.807) is 0 Å². The number of fused-ring (bicyclic) bond motifs is 4. The molecule has 4 aliphatic rings. The summed E-state index contributed by atoms with van der Waals surface area (Å²) in [6.45, 7) is 11.3. The first-order valence-corrected chi connectivity index (χ1v) is 13.6. The van der Waals surface area contributed by atoms with Crippen molar-refractivity contribution in [3.63, 3.8) is 0 Å². The number of aliphatic hydroxyl groups excluding tert-OH is 1. The van der Waals surface area contributed by atoms with Crippen molar-refractivity contribution in [3.8, 4) is 5.75 Å². The van der Waals surface area contributed by atoms with Gasteiger partial charge in [0.15, 0.2) is 0 Å². The maximum absolute atomic E-state index is 13.9. The summed E-state index contributed by atoms with van der Waals surface area (Å²) in [5.74, 6) is -2.80. The van der Waals surface area contributed by atoms with E-state index in [-0.39, 0.29) is 48.7 Å². The van der Waals surface area contributed by atoms with E-state index in [1.165, 1.54) is 9.80 Å². The number of likely N-dealkylation sites (tertiary alicyclic amines) is 2. The minimum absolute atomic E-state index is 0.0944. The summed E-state index contributed by atoms with van der Waals surface area (Å²) in [6.07, 6.45) is 2.90. The summed E-state index contributed by atoms with van der Waals surface area (Å²) in [6, 6.07) is 7.43. The van der Waals surface area contributed by atoms with Crippen molar-refractivity contribution >= 4 is 23.6 Å². The Kier molecular flexibility index (Phi) is 6.33. The first-order chi connectivity index (χ1) is 17.8. The van der Waals surface area contributed by atoms with Crippen LogP contribution >= 0.6 is 0 Å². The third-order valence-corrected chi connectivity index (χ3v) is 8.59. The predicted octanol–water partition coefficient (Wildman–Crippen LogP) is 3.29. The highest BCUT2D eigenvalue weighted by Gasteiger charge is 2.63. The number of imide groups is 2.